The van der Waals surface area contributed by atoms with Crippen molar-refractivity contribution < 1.29 is 0 Å². The molecule has 1 aromatic heterocycles. The molecule has 0 spiro atoms. The fourth-order valence-corrected chi connectivity index (χ4v) is 3.18. The highest BCUT2D eigenvalue weighted by Crippen LogP contribution is 2.26. The predicted molar refractivity (Wildman–Crippen MR) is 86.9 cm³/mol. The van der Waals surface area contributed by atoms with Crippen molar-refractivity contribution in [1.82, 2.24) is 9.55 Å². The Labute approximate surface area is 124 Å². The summed E-state index contributed by atoms with van der Waals surface area (Å²) in [7, 11) is 0. The van der Waals surface area contributed by atoms with Gasteiger partial charge in [0.15, 0.2) is 4.77 Å². The number of hydrogen-bond donors (Lipinski definition) is 1. The van der Waals surface area contributed by atoms with Gasteiger partial charge < -0.3 is 9.55 Å². The molecule has 0 aliphatic rings. The SMILES string of the molecule is Cc1ccc2[nH]c(=S)n(C(C)c3ccccc3C)c2c1. The number of H-pyrrole nitrogens is 1. The van der Waals surface area contributed by atoms with Gasteiger partial charge in [0.1, 0.15) is 0 Å². The highest BCUT2D eigenvalue weighted by Gasteiger charge is 2.14. The molecule has 20 heavy (non-hydrogen) atoms. The number of aromatic nitrogens is 2. The molecule has 0 saturated carbocycles. The van der Waals surface area contributed by atoms with Crippen LogP contribution in [0.15, 0.2) is 42.5 Å². The van der Waals surface area contributed by atoms with Gasteiger partial charge in [-0.3, -0.25) is 0 Å². The van der Waals surface area contributed by atoms with E-state index in [4.69, 9.17) is 12.2 Å². The van der Waals surface area contributed by atoms with Gasteiger partial charge in [0.05, 0.1) is 17.1 Å². The van der Waals surface area contributed by atoms with E-state index in [0.717, 1.165) is 10.3 Å². The summed E-state index contributed by atoms with van der Waals surface area (Å²) in [4.78, 5) is 3.30. The first-order chi connectivity index (χ1) is 9.58. The summed E-state index contributed by atoms with van der Waals surface area (Å²) in [5.74, 6) is 0. The molecular formula is C17H18N2S. The first kappa shape index (κ1) is 13.1. The van der Waals surface area contributed by atoms with Crippen LogP contribution in [0.4, 0.5) is 0 Å². The second kappa shape index (κ2) is 4.91. The van der Waals surface area contributed by atoms with E-state index in [1.54, 1.807) is 0 Å². The van der Waals surface area contributed by atoms with Crippen molar-refractivity contribution in [2.75, 3.05) is 0 Å². The fraction of sp³-hybridized carbons (Fsp3) is 0.235. The van der Waals surface area contributed by atoms with Crippen molar-refractivity contribution in [2.45, 2.75) is 26.8 Å². The standard InChI is InChI=1S/C17H18N2S/c1-11-8-9-15-16(10-11)19(17(20)18-15)13(3)14-7-5-4-6-12(14)2/h4-10,13H,1-3H3,(H,18,20). The van der Waals surface area contributed by atoms with E-state index in [9.17, 15) is 0 Å². The molecule has 0 saturated heterocycles. The highest BCUT2D eigenvalue weighted by atomic mass is 32.1. The Morgan fingerprint density at radius 1 is 1.10 bits per heavy atom. The topological polar surface area (TPSA) is 20.7 Å². The minimum atomic E-state index is 0.222. The monoisotopic (exact) mass is 282 g/mol. The van der Waals surface area contributed by atoms with Crippen LogP contribution in [0, 0.1) is 18.6 Å². The largest absolute Gasteiger partial charge is 0.331 e. The number of aryl methyl sites for hydroxylation is 2. The second-order valence-corrected chi connectivity index (χ2v) is 5.74. The van der Waals surface area contributed by atoms with Gasteiger partial charge in [-0.15, -0.1) is 0 Å². The van der Waals surface area contributed by atoms with Crippen LogP contribution in [-0.2, 0) is 0 Å². The smallest absolute Gasteiger partial charge is 0.178 e. The minimum Gasteiger partial charge on any atom is -0.331 e. The summed E-state index contributed by atoms with van der Waals surface area (Å²) in [6.45, 7) is 6.46. The fourth-order valence-electron chi connectivity index (χ4n) is 2.81. The van der Waals surface area contributed by atoms with Crippen molar-refractivity contribution >= 4 is 23.3 Å². The molecule has 2 nitrogen and oxygen atoms in total. The predicted octanol–water partition coefficient (Wildman–Crippen LogP) is 4.93. The lowest BCUT2D eigenvalue weighted by Crippen LogP contribution is -2.08. The summed E-state index contributed by atoms with van der Waals surface area (Å²) in [6.07, 6.45) is 0. The molecule has 2 aromatic carbocycles. The van der Waals surface area contributed by atoms with Gasteiger partial charge in [0, 0.05) is 0 Å². The number of nitrogens with one attached hydrogen (secondary N) is 1. The summed E-state index contributed by atoms with van der Waals surface area (Å²) in [6, 6.07) is 15.1. The average Bonchev–Trinajstić information content (AvgIpc) is 2.74. The van der Waals surface area contributed by atoms with Gasteiger partial charge in [-0.2, -0.15) is 0 Å². The molecule has 0 fully saturated rings. The van der Waals surface area contributed by atoms with Crippen molar-refractivity contribution in [1.29, 1.82) is 0 Å². The van der Waals surface area contributed by atoms with Crippen LogP contribution in [-0.4, -0.2) is 9.55 Å². The molecule has 0 amide bonds. The molecule has 1 unspecified atom stereocenters. The maximum absolute atomic E-state index is 5.52. The molecule has 0 bridgehead atoms. The Hall–Kier alpha value is -1.87. The van der Waals surface area contributed by atoms with Gasteiger partial charge in [0.25, 0.3) is 0 Å². The molecular weight excluding hydrogens is 264 g/mol. The number of imidazole rings is 1. The van der Waals surface area contributed by atoms with Gasteiger partial charge in [-0.25, -0.2) is 0 Å². The van der Waals surface area contributed by atoms with Gasteiger partial charge in [0.2, 0.25) is 0 Å². The number of benzene rings is 2. The molecule has 1 atom stereocenters. The van der Waals surface area contributed by atoms with E-state index in [-0.39, 0.29) is 6.04 Å². The van der Waals surface area contributed by atoms with Crippen LogP contribution in [0.5, 0.6) is 0 Å². The van der Waals surface area contributed by atoms with E-state index in [1.165, 1.54) is 22.2 Å². The average molecular weight is 282 g/mol. The molecule has 1 heterocycles. The van der Waals surface area contributed by atoms with Crippen LogP contribution in [0.1, 0.15) is 29.7 Å². The van der Waals surface area contributed by atoms with Gasteiger partial charge in [-0.05, 0) is 61.8 Å². The Bertz CT molecular complexity index is 826. The van der Waals surface area contributed by atoms with Crippen LogP contribution < -0.4 is 0 Å². The molecule has 0 radical (unpaired) electrons. The third-order valence-corrected chi connectivity index (χ3v) is 4.20. The van der Waals surface area contributed by atoms with E-state index in [2.05, 4.69) is 72.8 Å². The van der Waals surface area contributed by atoms with Gasteiger partial charge in [-0.1, -0.05) is 30.3 Å². The molecule has 0 aliphatic heterocycles. The first-order valence-electron chi connectivity index (χ1n) is 6.84. The Morgan fingerprint density at radius 2 is 1.85 bits per heavy atom. The van der Waals surface area contributed by atoms with E-state index < -0.39 is 0 Å². The molecule has 102 valence electrons. The van der Waals surface area contributed by atoms with E-state index >= 15 is 0 Å². The third kappa shape index (κ3) is 2.08. The third-order valence-electron chi connectivity index (χ3n) is 3.90. The zero-order chi connectivity index (χ0) is 14.3. The zero-order valence-electron chi connectivity index (χ0n) is 12.0. The Kier molecular flexibility index (Phi) is 3.22. The summed E-state index contributed by atoms with van der Waals surface area (Å²) < 4.78 is 2.99. The number of rotatable bonds is 2. The normalized spacial score (nSPS) is 12.8. The number of hydrogen-bond acceptors (Lipinski definition) is 1. The van der Waals surface area contributed by atoms with Gasteiger partial charge >= 0.3 is 0 Å². The maximum Gasteiger partial charge on any atom is 0.178 e. The van der Waals surface area contributed by atoms with Crippen LogP contribution in [0.2, 0.25) is 0 Å². The van der Waals surface area contributed by atoms with Crippen LogP contribution >= 0.6 is 12.2 Å². The lowest BCUT2D eigenvalue weighted by atomic mass is 10.0. The molecule has 1 N–H and O–H groups in total. The van der Waals surface area contributed by atoms with E-state index in [0.29, 0.717) is 0 Å². The zero-order valence-corrected chi connectivity index (χ0v) is 12.8. The molecule has 3 heteroatoms. The van der Waals surface area contributed by atoms with Crippen LogP contribution in [0.3, 0.4) is 0 Å². The second-order valence-electron chi connectivity index (χ2n) is 5.35. The quantitative estimate of drug-likeness (QED) is 0.661. The lowest BCUT2D eigenvalue weighted by molar-refractivity contribution is 0.645. The minimum absolute atomic E-state index is 0.222. The molecule has 0 aliphatic carbocycles. The van der Waals surface area contributed by atoms with Crippen LogP contribution in [0.25, 0.3) is 11.0 Å². The summed E-state index contributed by atoms with van der Waals surface area (Å²) >= 11 is 5.52. The molecule has 3 rings (SSSR count). The summed E-state index contributed by atoms with van der Waals surface area (Å²) in [5.41, 5.74) is 6.12. The lowest BCUT2D eigenvalue weighted by Gasteiger charge is -2.17. The van der Waals surface area contributed by atoms with Crippen molar-refractivity contribution in [2.24, 2.45) is 0 Å². The first-order valence-corrected chi connectivity index (χ1v) is 7.25. The Balaban J connectivity index is 2.24. The number of nitrogens with zero attached hydrogens (tertiary/aromatic N) is 1. The maximum atomic E-state index is 5.52. The van der Waals surface area contributed by atoms with Crippen molar-refractivity contribution in [3.63, 3.8) is 0 Å². The molecule has 3 aromatic rings. The highest BCUT2D eigenvalue weighted by molar-refractivity contribution is 7.71. The number of aromatic amines is 1. The summed E-state index contributed by atoms with van der Waals surface area (Å²) in [5, 5.41) is 0. The Morgan fingerprint density at radius 3 is 2.60 bits per heavy atom. The number of fused-ring (bicyclic) bond motifs is 1. The van der Waals surface area contributed by atoms with Crippen molar-refractivity contribution in [3.05, 3.63) is 63.9 Å². The van der Waals surface area contributed by atoms with Crippen molar-refractivity contribution in [3.8, 4) is 0 Å². The van der Waals surface area contributed by atoms with E-state index in [1.807, 2.05) is 0 Å².